The lowest BCUT2D eigenvalue weighted by atomic mass is 10.0. The maximum absolute atomic E-state index is 13.0. The largest absolute Gasteiger partial charge is 0.311 e. The second-order valence-corrected chi connectivity index (χ2v) is 8.67. The van der Waals surface area contributed by atoms with Gasteiger partial charge in [-0.1, -0.05) is 6.07 Å². The molecule has 118 valence electrons. The number of fused-ring (bicyclic) bond motifs is 3. The molecular weight excluding hydrogens is 320 g/mol. The average Bonchev–Trinajstić information content (AvgIpc) is 3.12. The first kappa shape index (κ1) is 14.5. The molecule has 1 aromatic heterocycles. The van der Waals surface area contributed by atoms with Crippen LogP contribution in [0.4, 0.5) is 0 Å². The summed E-state index contributed by atoms with van der Waals surface area (Å²) in [6, 6.07) is 6.13. The van der Waals surface area contributed by atoms with Gasteiger partial charge in [-0.3, -0.25) is 0 Å². The Balaban J connectivity index is 1.69. The number of nitrogens with one attached hydrogen (secondary N) is 1. The summed E-state index contributed by atoms with van der Waals surface area (Å²) in [5.41, 5.74) is 1.13. The second-order valence-electron chi connectivity index (χ2n) is 6.17. The van der Waals surface area contributed by atoms with E-state index in [-0.39, 0.29) is 10.9 Å². The van der Waals surface area contributed by atoms with Crippen molar-refractivity contribution in [2.75, 3.05) is 7.05 Å². The summed E-state index contributed by atoms with van der Waals surface area (Å²) in [5, 5.41) is 3.55. The molecule has 2 fully saturated rings. The van der Waals surface area contributed by atoms with Crippen LogP contribution in [0.1, 0.15) is 25.7 Å². The Morgan fingerprint density at radius 3 is 2.68 bits per heavy atom. The van der Waals surface area contributed by atoms with Gasteiger partial charge in [-0.25, -0.2) is 8.42 Å². The van der Waals surface area contributed by atoms with Crippen LogP contribution < -0.4 is 5.32 Å². The van der Waals surface area contributed by atoms with Crippen LogP contribution in [-0.4, -0.2) is 46.6 Å². The van der Waals surface area contributed by atoms with Crippen molar-refractivity contribution in [1.29, 1.82) is 0 Å². The van der Waals surface area contributed by atoms with Gasteiger partial charge in [0.2, 0.25) is 10.0 Å². The van der Waals surface area contributed by atoms with E-state index in [1.165, 1.54) is 0 Å². The van der Waals surface area contributed by atoms with Crippen LogP contribution in [0.5, 0.6) is 0 Å². The minimum atomic E-state index is -3.54. The molecule has 2 bridgehead atoms. The van der Waals surface area contributed by atoms with E-state index in [0.717, 1.165) is 37.4 Å². The highest BCUT2D eigenvalue weighted by atomic mass is 32.2. The number of hydrogen-bond acceptors (Lipinski definition) is 6. The van der Waals surface area contributed by atoms with Gasteiger partial charge < -0.3 is 5.32 Å². The van der Waals surface area contributed by atoms with Crippen LogP contribution >= 0.6 is 11.7 Å². The maximum Gasteiger partial charge on any atom is 0.245 e. The van der Waals surface area contributed by atoms with E-state index in [1.807, 2.05) is 0 Å². The number of sulfonamides is 1. The average molecular weight is 338 g/mol. The zero-order valence-corrected chi connectivity index (χ0v) is 13.9. The molecule has 2 unspecified atom stereocenters. The molecule has 0 aliphatic carbocycles. The molecule has 0 radical (unpaired) electrons. The van der Waals surface area contributed by atoms with Gasteiger partial charge in [0.05, 0.1) is 11.7 Å². The minimum Gasteiger partial charge on any atom is -0.311 e. The van der Waals surface area contributed by atoms with Crippen molar-refractivity contribution in [2.45, 2.75) is 48.7 Å². The summed E-state index contributed by atoms with van der Waals surface area (Å²) in [6.07, 6.45) is 4.08. The van der Waals surface area contributed by atoms with Gasteiger partial charge in [0, 0.05) is 25.2 Å². The summed E-state index contributed by atoms with van der Waals surface area (Å²) in [6.45, 7) is 0. The molecule has 0 amide bonds. The Labute approximate surface area is 133 Å². The van der Waals surface area contributed by atoms with E-state index in [9.17, 15) is 8.42 Å². The van der Waals surface area contributed by atoms with E-state index in [0.29, 0.717) is 23.1 Å². The van der Waals surface area contributed by atoms with Crippen molar-refractivity contribution < 1.29 is 8.42 Å². The predicted octanol–water partition coefficient (Wildman–Crippen LogP) is 1.59. The van der Waals surface area contributed by atoms with Crippen LogP contribution in [0.3, 0.4) is 0 Å². The Bertz CT molecular complexity index is 792. The highest BCUT2D eigenvalue weighted by Crippen LogP contribution is 2.32. The second kappa shape index (κ2) is 5.23. The van der Waals surface area contributed by atoms with Gasteiger partial charge in [0.25, 0.3) is 0 Å². The third-order valence-electron chi connectivity index (χ3n) is 4.87. The smallest absolute Gasteiger partial charge is 0.245 e. The van der Waals surface area contributed by atoms with E-state index >= 15 is 0 Å². The molecule has 4 rings (SSSR count). The van der Waals surface area contributed by atoms with Gasteiger partial charge in [0.15, 0.2) is 0 Å². The Kier molecular flexibility index (Phi) is 3.44. The van der Waals surface area contributed by atoms with Crippen LogP contribution in [0, 0.1) is 0 Å². The summed E-state index contributed by atoms with van der Waals surface area (Å²) in [5.74, 6) is 0. The lowest BCUT2D eigenvalue weighted by Gasteiger charge is -2.34. The fraction of sp³-hybridized carbons (Fsp3) is 0.571. The molecule has 2 atom stereocenters. The minimum absolute atomic E-state index is 0.0607. The first-order valence-electron chi connectivity index (χ1n) is 7.51. The van der Waals surface area contributed by atoms with Crippen LogP contribution in [0.25, 0.3) is 11.0 Å². The monoisotopic (exact) mass is 338 g/mol. The van der Waals surface area contributed by atoms with Crippen LogP contribution in [0.2, 0.25) is 0 Å². The molecule has 1 aromatic carbocycles. The van der Waals surface area contributed by atoms with Crippen molar-refractivity contribution in [3.05, 3.63) is 18.2 Å². The highest BCUT2D eigenvalue weighted by Gasteiger charge is 2.39. The number of piperidine rings is 1. The molecule has 2 aromatic rings. The van der Waals surface area contributed by atoms with Crippen LogP contribution in [-0.2, 0) is 10.0 Å². The van der Waals surface area contributed by atoms with Crippen molar-refractivity contribution in [3.63, 3.8) is 0 Å². The fourth-order valence-electron chi connectivity index (χ4n) is 3.67. The third kappa shape index (κ3) is 2.25. The van der Waals surface area contributed by atoms with Crippen LogP contribution in [0.15, 0.2) is 23.1 Å². The molecule has 0 spiro atoms. The zero-order valence-electron chi connectivity index (χ0n) is 12.3. The molecular formula is C14H18N4O2S2. The molecule has 3 heterocycles. The number of benzene rings is 1. The molecule has 2 aliphatic heterocycles. The number of nitrogens with zero attached hydrogens (tertiary/aromatic N) is 3. The summed E-state index contributed by atoms with van der Waals surface area (Å²) in [7, 11) is -1.85. The van der Waals surface area contributed by atoms with E-state index in [4.69, 9.17) is 0 Å². The third-order valence-corrected chi connectivity index (χ3v) is 7.35. The van der Waals surface area contributed by atoms with Gasteiger partial charge in [-0.2, -0.15) is 13.1 Å². The molecule has 2 aliphatic rings. The Morgan fingerprint density at radius 2 is 1.95 bits per heavy atom. The highest BCUT2D eigenvalue weighted by molar-refractivity contribution is 7.89. The number of hydrogen-bond donors (Lipinski definition) is 1. The predicted molar refractivity (Wildman–Crippen MR) is 85.3 cm³/mol. The summed E-state index contributed by atoms with van der Waals surface area (Å²) in [4.78, 5) is 0.270. The SMILES string of the molecule is CN(C1CC2CCC(C1)N2)S(=O)(=O)c1cccc2nsnc12. The lowest BCUT2D eigenvalue weighted by Crippen LogP contribution is -2.48. The van der Waals surface area contributed by atoms with Crippen molar-refractivity contribution >= 4 is 32.8 Å². The van der Waals surface area contributed by atoms with E-state index in [1.54, 1.807) is 29.6 Å². The number of aromatic nitrogens is 2. The zero-order chi connectivity index (χ0) is 15.3. The first-order chi connectivity index (χ1) is 10.6. The Hall–Kier alpha value is -1.09. The van der Waals surface area contributed by atoms with Gasteiger partial charge in [-0.15, -0.1) is 0 Å². The standard InChI is InChI=1S/C14H18N4O2S2/c1-18(11-7-9-5-6-10(8-11)15-9)22(19,20)13-4-2-3-12-14(13)17-21-16-12/h2-4,9-11,15H,5-8H2,1H3. The van der Waals surface area contributed by atoms with E-state index in [2.05, 4.69) is 14.1 Å². The quantitative estimate of drug-likeness (QED) is 0.920. The van der Waals surface area contributed by atoms with Gasteiger partial charge in [-0.05, 0) is 37.8 Å². The topological polar surface area (TPSA) is 75.2 Å². The maximum atomic E-state index is 13.0. The fourth-order valence-corrected chi connectivity index (χ4v) is 5.79. The normalized spacial score (nSPS) is 28.5. The Morgan fingerprint density at radius 1 is 1.23 bits per heavy atom. The molecule has 1 N–H and O–H groups in total. The first-order valence-corrected chi connectivity index (χ1v) is 9.68. The summed E-state index contributed by atoms with van der Waals surface area (Å²) >= 11 is 1.05. The molecule has 0 saturated carbocycles. The van der Waals surface area contributed by atoms with Crippen molar-refractivity contribution in [1.82, 2.24) is 18.4 Å². The molecule has 22 heavy (non-hydrogen) atoms. The molecule has 8 heteroatoms. The summed E-state index contributed by atoms with van der Waals surface area (Å²) < 4.78 is 35.9. The van der Waals surface area contributed by atoms with Gasteiger partial charge in [0.1, 0.15) is 15.9 Å². The van der Waals surface area contributed by atoms with E-state index < -0.39 is 10.0 Å². The van der Waals surface area contributed by atoms with Gasteiger partial charge >= 0.3 is 0 Å². The number of rotatable bonds is 3. The molecule has 2 saturated heterocycles. The molecule has 6 nitrogen and oxygen atoms in total. The van der Waals surface area contributed by atoms with Crippen molar-refractivity contribution in [2.24, 2.45) is 0 Å². The van der Waals surface area contributed by atoms with Crippen molar-refractivity contribution in [3.8, 4) is 0 Å². The lowest BCUT2D eigenvalue weighted by molar-refractivity contribution is 0.251.